The minimum absolute atomic E-state index is 0.0175. The molecule has 2 heterocycles. The third-order valence-corrected chi connectivity index (χ3v) is 5.90. The third-order valence-electron chi connectivity index (χ3n) is 5.90. The van der Waals surface area contributed by atoms with Gasteiger partial charge in [-0.3, -0.25) is 4.90 Å². The molecule has 1 aliphatic heterocycles. The van der Waals surface area contributed by atoms with Crippen LogP contribution in [0.3, 0.4) is 0 Å². The SMILES string of the molecule is C#CC1(O)CCN(Cc2ccccc2)CC1Cc1c[nH]c2cc(OC)ccc12. The minimum Gasteiger partial charge on any atom is -0.497 e. The van der Waals surface area contributed by atoms with Crippen molar-refractivity contribution in [1.29, 1.82) is 0 Å². The number of hydrogen-bond donors (Lipinski definition) is 2. The van der Waals surface area contributed by atoms with Crippen molar-refractivity contribution < 1.29 is 9.84 Å². The lowest BCUT2D eigenvalue weighted by Crippen LogP contribution is -2.51. The highest BCUT2D eigenvalue weighted by Gasteiger charge is 2.40. The van der Waals surface area contributed by atoms with E-state index in [1.165, 1.54) is 11.1 Å². The van der Waals surface area contributed by atoms with Crippen LogP contribution in [0.4, 0.5) is 0 Å². The second-order valence-electron chi connectivity index (χ2n) is 7.67. The first-order valence-corrected chi connectivity index (χ1v) is 9.72. The van der Waals surface area contributed by atoms with Crippen LogP contribution in [0.1, 0.15) is 17.5 Å². The molecular weight excluding hydrogens is 348 g/mol. The van der Waals surface area contributed by atoms with E-state index in [4.69, 9.17) is 11.2 Å². The highest BCUT2D eigenvalue weighted by molar-refractivity contribution is 5.84. The molecule has 1 aromatic heterocycles. The highest BCUT2D eigenvalue weighted by Crippen LogP contribution is 2.33. The molecule has 1 saturated heterocycles. The zero-order valence-corrected chi connectivity index (χ0v) is 16.2. The number of nitrogens with one attached hydrogen (secondary N) is 1. The lowest BCUT2D eigenvalue weighted by Gasteiger charge is -2.42. The Balaban J connectivity index is 1.56. The van der Waals surface area contributed by atoms with Crippen molar-refractivity contribution in [2.24, 2.45) is 5.92 Å². The van der Waals surface area contributed by atoms with E-state index in [-0.39, 0.29) is 5.92 Å². The second-order valence-corrected chi connectivity index (χ2v) is 7.67. The Morgan fingerprint density at radius 1 is 1.29 bits per heavy atom. The van der Waals surface area contributed by atoms with Gasteiger partial charge in [0.25, 0.3) is 0 Å². The van der Waals surface area contributed by atoms with Gasteiger partial charge in [-0.2, -0.15) is 0 Å². The molecule has 0 radical (unpaired) electrons. The molecule has 4 heteroatoms. The minimum atomic E-state index is -1.07. The van der Waals surface area contributed by atoms with Crippen LogP contribution in [0.25, 0.3) is 10.9 Å². The number of fused-ring (bicyclic) bond motifs is 1. The lowest BCUT2D eigenvalue weighted by atomic mass is 9.78. The average molecular weight is 374 g/mol. The van der Waals surface area contributed by atoms with Gasteiger partial charge in [-0.1, -0.05) is 36.3 Å². The maximum absolute atomic E-state index is 11.1. The number of piperidine rings is 1. The molecular formula is C24H26N2O2. The summed E-state index contributed by atoms with van der Waals surface area (Å²) in [6.07, 6.45) is 9.12. The third kappa shape index (κ3) is 3.64. The molecule has 4 nitrogen and oxygen atoms in total. The van der Waals surface area contributed by atoms with Crippen molar-refractivity contribution in [2.45, 2.75) is 25.0 Å². The van der Waals surface area contributed by atoms with E-state index in [0.29, 0.717) is 6.42 Å². The van der Waals surface area contributed by atoms with Crippen LogP contribution in [-0.2, 0) is 13.0 Å². The number of nitrogens with zero attached hydrogens (tertiary/aromatic N) is 1. The van der Waals surface area contributed by atoms with E-state index in [9.17, 15) is 5.11 Å². The Morgan fingerprint density at radius 3 is 2.86 bits per heavy atom. The fourth-order valence-electron chi connectivity index (χ4n) is 4.22. The first kappa shape index (κ1) is 18.6. The number of likely N-dealkylation sites (tertiary alicyclic amines) is 1. The number of benzene rings is 2. The molecule has 2 N–H and O–H groups in total. The lowest BCUT2D eigenvalue weighted by molar-refractivity contribution is -0.0289. The number of aromatic nitrogens is 1. The summed E-state index contributed by atoms with van der Waals surface area (Å²) in [5.41, 5.74) is 2.43. The zero-order chi connectivity index (χ0) is 19.6. The second kappa shape index (κ2) is 7.71. The van der Waals surface area contributed by atoms with Crippen molar-refractivity contribution in [3.8, 4) is 18.1 Å². The van der Waals surface area contributed by atoms with E-state index < -0.39 is 5.60 Å². The van der Waals surface area contributed by atoms with Gasteiger partial charge in [0, 0.05) is 55.1 Å². The van der Waals surface area contributed by atoms with Gasteiger partial charge < -0.3 is 14.8 Å². The molecule has 0 spiro atoms. The van der Waals surface area contributed by atoms with E-state index in [0.717, 1.165) is 42.7 Å². The number of methoxy groups -OCH3 is 1. The Labute approximate surface area is 166 Å². The van der Waals surface area contributed by atoms with Crippen LogP contribution in [0.2, 0.25) is 0 Å². The summed E-state index contributed by atoms with van der Waals surface area (Å²) in [6, 6.07) is 16.5. The fraction of sp³-hybridized carbons (Fsp3) is 0.333. The van der Waals surface area contributed by atoms with Crippen LogP contribution in [-0.4, -0.2) is 40.8 Å². The highest BCUT2D eigenvalue weighted by atomic mass is 16.5. The van der Waals surface area contributed by atoms with Crippen molar-refractivity contribution >= 4 is 10.9 Å². The molecule has 2 unspecified atom stereocenters. The molecule has 2 aromatic carbocycles. The van der Waals surface area contributed by atoms with Crippen molar-refractivity contribution in [3.63, 3.8) is 0 Å². The Bertz CT molecular complexity index is 989. The zero-order valence-electron chi connectivity index (χ0n) is 16.2. The number of terminal acetylenes is 1. The van der Waals surface area contributed by atoms with Gasteiger partial charge in [-0.05, 0) is 29.7 Å². The van der Waals surface area contributed by atoms with Gasteiger partial charge in [0.2, 0.25) is 0 Å². The van der Waals surface area contributed by atoms with Crippen LogP contribution < -0.4 is 4.74 Å². The standard InChI is InChI=1S/C24H26N2O2/c1-3-24(27)11-12-26(16-18-7-5-4-6-8-18)17-20(24)13-19-15-25-23-14-21(28-2)9-10-22(19)23/h1,4-10,14-15,20,25,27H,11-13,16-17H2,2H3. The van der Waals surface area contributed by atoms with Crippen molar-refractivity contribution in [2.75, 3.05) is 20.2 Å². The van der Waals surface area contributed by atoms with E-state index in [1.807, 2.05) is 24.4 Å². The van der Waals surface area contributed by atoms with Crippen LogP contribution in [0.15, 0.2) is 54.7 Å². The molecule has 1 fully saturated rings. The molecule has 0 saturated carbocycles. The number of rotatable bonds is 5. The quantitative estimate of drug-likeness (QED) is 0.671. The van der Waals surface area contributed by atoms with Crippen molar-refractivity contribution in [1.82, 2.24) is 9.88 Å². The summed E-state index contributed by atoms with van der Waals surface area (Å²) in [5, 5.41) is 12.2. The predicted octanol–water partition coefficient (Wildman–Crippen LogP) is 3.61. The van der Waals surface area contributed by atoms with E-state index >= 15 is 0 Å². The Kier molecular flexibility index (Phi) is 5.13. The van der Waals surface area contributed by atoms with Gasteiger partial charge in [-0.25, -0.2) is 0 Å². The number of ether oxygens (including phenoxy) is 1. The number of H-pyrrole nitrogens is 1. The first-order chi connectivity index (χ1) is 13.6. The monoisotopic (exact) mass is 374 g/mol. The van der Waals surface area contributed by atoms with Crippen molar-refractivity contribution in [3.05, 3.63) is 65.9 Å². The Morgan fingerprint density at radius 2 is 2.11 bits per heavy atom. The maximum atomic E-state index is 11.1. The van der Waals surface area contributed by atoms with Crippen LogP contribution in [0, 0.1) is 18.3 Å². The molecule has 1 aliphatic rings. The summed E-state index contributed by atoms with van der Waals surface area (Å²) in [6.45, 7) is 2.46. The maximum Gasteiger partial charge on any atom is 0.130 e. The molecule has 144 valence electrons. The average Bonchev–Trinajstić information content (AvgIpc) is 3.13. The van der Waals surface area contributed by atoms with Gasteiger partial charge >= 0.3 is 0 Å². The van der Waals surface area contributed by atoms with Crippen LogP contribution in [0.5, 0.6) is 5.75 Å². The summed E-state index contributed by atoms with van der Waals surface area (Å²) in [5.74, 6) is 3.50. The smallest absolute Gasteiger partial charge is 0.130 e. The first-order valence-electron chi connectivity index (χ1n) is 9.72. The van der Waals surface area contributed by atoms with Crippen LogP contribution >= 0.6 is 0 Å². The van der Waals surface area contributed by atoms with Gasteiger partial charge in [-0.15, -0.1) is 6.42 Å². The predicted molar refractivity (Wildman–Crippen MR) is 112 cm³/mol. The molecule has 0 amide bonds. The molecule has 28 heavy (non-hydrogen) atoms. The van der Waals surface area contributed by atoms with Gasteiger partial charge in [0.05, 0.1) is 7.11 Å². The normalized spacial score (nSPS) is 22.8. The molecule has 0 bridgehead atoms. The Hall–Kier alpha value is -2.74. The number of aliphatic hydroxyl groups is 1. The largest absolute Gasteiger partial charge is 0.497 e. The summed E-state index contributed by atoms with van der Waals surface area (Å²) in [4.78, 5) is 5.71. The molecule has 3 aromatic rings. The van der Waals surface area contributed by atoms with Gasteiger partial charge in [0.1, 0.15) is 11.4 Å². The van der Waals surface area contributed by atoms with E-state index in [1.54, 1.807) is 7.11 Å². The number of hydrogen-bond acceptors (Lipinski definition) is 3. The van der Waals surface area contributed by atoms with E-state index in [2.05, 4.69) is 46.1 Å². The fourth-order valence-corrected chi connectivity index (χ4v) is 4.22. The summed E-state index contributed by atoms with van der Waals surface area (Å²) < 4.78 is 5.31. The number of aromatic amines is 1. The summed E-state index contributed by atoms with van der Waals surface area (Å²) >= 11 is 0. The molecule has 4 rings (SSSR count). The molecule has 0 aliphatic carbocycles. The topological polar surface area (TPSA) is 48.5 Å². The van der Waals surface area contributed by atoms with Gasteiger partial charge in [0.15, 0.2) is 0 Å². The summed E-state index contributed by atoms with van der Waals surface area (Å²) in [7, 11) is 1.67. The molecule has 2 atom stereocenters.